The van der Waals surface area contributed by atoms with Gasteiger partial charge >= 0.3 is 0 Å². The van der Waals surface area contributed by atoms with E-state index in [1.807, 2.05) is 0 Å². The van der Waals surface area contributed by atoms with Crippen LogP contribution in [0, 0.1) is 5.82 Å². The van der Waals surface area contributed by atoms with Crippen molar-refractivity contribution >= 4 is 20.0 Å². The molecule has 0 amide bonds. The summed E-state index contributed by atoms with van der Waals surface area (Å²) in [6.07, 6.45) is 4.10. The maximum Gasteiger partial charge on any atom is 0.243 e. The van der Waals surface area contributed by atoms with Crippen LogP contribution in [0.25, 0.3) is 0 Å². The molecule has 0 spiro atoms. The number of benzene rings is 2. The van der Waals surface area contributed by atoms with Crippen molar-refractivity contribution in [1.29, 1.82) is 0 Å². The summed E-state index contributed by atoms with van der Waals surface area (Å²) in [6.45, 7) is 1.80. The average Bonchev–Trinajstić information content (AvgIpc) is 3.34. The summed E-state index contributed by atoms with van der Waals surface area (Å²) in [5, 5.41) is 0. The largest absolute Gasteiger partial charge is 0.377 e. The van der Waals surface area contributed by atoms with Gasteiger partial charge in [0.1, 0.15) is 5.82 Å². The van der Waals surface area contributed by atoms with Crippen molar-refractivity contribution in [2.45, 2.75) is 54.5 Å². The Labute approximate surface area is 195 Å². The molecule has 180 valence electrons. The minimum Gasteiger partial charge on any atom is -0.377 e. The second-order valence-electron chi connectivity index (χ2n) is 8.50. The normalized spacial score (nSPS) is 20.4. The van der Waals surface area contributed by atoms with Gasteiger partial charge in [-0.15, -0.1) is 0 Å². The van der Waals surface area contributed by atoms with Crippen LogP contribution < -0.4 is 0 Å². The summed E-state index contributed by atoms with van der Waals surface area (Å²) >= 11 is 0. The van der Waals surface area contributed by atoms with Gasteiger partial charge in [-0.1, -0.05) is 18.6 Å². The summed E-state index contributed by atoms with van der Waals surface area (Å²) in [6, 6.07) is 11.1. The molecule has 2 saturated heterocycles. The van der Waals surface area contributed by atoms with Crippen LogP contribution in [0.2, 0.25) is 0 Å². The Kier molecular flexibility index (Phi) is 7.49. The van der Waals surface area contributed by atoms with Crippen LogP contribution in [-0.4, -0.2) is 57.8 Å². The van der Waals surface area contributed by atoms with E-state index in [2.05, 4.69) is 0 Å². The molecule has 2 aliphatic heterocycles. The predicted octanol–water partition coefficient (Wildman–Crippen LogP) is 3.37. The predicted molar refractivity (Wildman–Crippen MR) is 122 cm³/mol. The van der Waals surface area contributed by atoms with Crippen LogP contribution in [-0.2, 0) is 31.3 Å². The van der Waals surface area contributed by atoms with E-state index < -0.39 is 25.9 Å². The molecule has 0 unspecified atom stereocenters. The minimum atomic E-state index is -3.93. The third-order valence-electron chi connectivity index (χ3n) is 6.12. The SMILES string of the molecule is O=S(=O)(c1ccc(S(=O)(=O)N(Cc2ccc(F)cc2)C[C@H]2CCCO2)cc1)N1CCCCC1. The molecule has 10 heteroatoms. The van der Waals surface area contributed by atoms with Gasteiger partial charge < -0.3 is 4.74 Å². The van der Waals surface area contributed by atoms with Crippen molar-refractivity contribution in [3.63, 3.8) is 0 Å². The number of piperidine rings is 1. The van der Waals surface area contributed by atoms with Crippen LogP contribution in [0.1, 0.15) is 37.7 Å². The fourth-order valence-corrected chi connectivity index (χ4v) is 7.22. The Morgan fingerprint density at radius 1 is 0.879 bits per heavy atom. The first-order chi connectivity index (χ1) is 15.8. The molecule has 1 atom stereocenters. The summed E-state index contributed by atoms with van der Waals surface area (Å²) < 4.78 is 74.5. The van der Waals surface area contributed by atoms with Crippen LogP contribution in [0.3, 0.4) is 0 Å². The fraction of sp³-hybridized carbons (Fsp3) is 0.478. The van der Waals surface area contributed by atoms with Gasteiger partial charge in [0.05, 0.1) is 15.9 Å². The molecule has 0 aliphatic carbocycles. The van der Waals surface area contributed by atoms with E-state index in [1.165, 1.54) is 45.0 Å². The number of halogens is 1. The van der Waals surface area contributed by atoms with Crippen LogP contribution in [0.15, 0.2) is 58.3 Å². The van der Waals surface area contributed by atoms with E-state index in [-0.39, 0.29) is 29.0 Å². The fourth-order valence-electron chi connectivity index (χ4n) is 4.24. The van der Waals surface area contributed by atoms with Gasteiger partial charge in [-0.25, -0.2) is 21.2 Å². The summed E-state index contributed by atoms with van der Waals surface area (Å²) in [5.74, 6) is -0.391. The maximum atomic E-state index is 13.5. The van der Waals surface area contributed by atoms with Gasteiger partial charge in [0.2, 0.25) is 20.0 Å². The lowest BCUT2D eigenvalue weighted by atomic mass is 10.2. The number of ether oxygens (including phenoxy) is 1. The van der Waals surface area contributed by atoms with Crippen LogP contribution >= 0.6 is 0 Å². The van der Waals surface area contributed by atoms with Crippen molar-refractivity contribution in [2.24, 2.45) is 0 Å². The Morgan fingerprint density at radius 3 is 2.12 bits per heavy atom. The summed E-state index contributed by atoms with van der Waals surface area (Å²) in [7, 11) is -7.58. The standard InChI is InChI=1S/C23H29FN2O5S2/c24-20-8-6-19(7-9-20)17-26(18-21-5-4-16-31-21)33(29,30)23-12-10-22(11-13-23)32(27,28)25-14-2-1-3-15-25/h6-13,21H,1-5,14-18H2/t21-/m1/s1. The Balaban J connectivity index is 1.58. The zero-order chi connectivity index (χ0) is 23.5. The van der Waals surface area contributed by atoms with Gasteiger partial charge in [0.15, 0.2) is 0 Å². The van der Waals surface area contributed by atoms with E-state index in [1.54, 1.807) is 12.1 Å². The average molecular weight is 497 g/mol. The third kappa shape index (κ3) is 5.63. The first kappa shape index (κ1) is 24.3. The molecular weight excluding hydrogens is 467 g/mol. The second kappa shape index (κ2) is 10.2. The lowest BCUT2D eigenvalue weighted by Gasteiger charge is -2.26. The Morgan fingerprint density at radius 2 is 1.52 bits per heavy atom. The van der Waals surface area contributed by atoms with Gasteiger partial charge in [0, 0.05) is 32.8 Å². The van der Waals surface area contributed by atoms with Gasteiger partial charge in [-0.3, -0.25) is 0 Å². The maximum absolute atomic E-state index is 13.5. The van der Waals surface area contributed by atoms with E-state index in [4.69, 9.17) is 4.74 Å². The summed E-state index contributed by atoms with van der Waals surface area (Å²) in [4.78, 5) is 0.104. The number of hydrogen-bond donors (Lipinski definition) is 0. The zero-order valence-electron chi connectivity index (χ0n) is 18.4. The number of rotatable bonds is 8. The van der Waals surface area contributed by atoms with E-state index in [9.17, 15) is 21.2 Å². The Hall–Kier alpha value is -1.85. The molecule has 0 aromatic heterocycles. The molecule has 4 rings (SSSR count). The highest BCUT2D eigenvalue weighted by atomic mass is 32.2. The van der Waals surface area contributed by atoms with Crippen molar-refractivity contribution < 1.29 is 26.0 Å². The molecule has 2 fully saturated rings. The van der Waals surface area contributed by atoms with Gasteiger partial charge in [-0.05, 0) is 67.6 Å². The quantitative estimate of drug-likeness (QED) is 0.560. The zero-order valence-corrected chi connectivity index (χ0v) is 20.0. The van der Waals surface area contributed by atoms with Crippen molar-refractivity contribution in [2.75, 3.05) is 26.2 Å². The van der Waals surface area contributed by atoms with Crippen LogP contribution in [0.4, 0.5) is 4.39 Å². The molecule has 0 saturated carbocycles. The molecular formula is C23H29FN2O5S2. The molecule has 33 heavy (non-hydrogen) atoms. The van der Waals surface area contributed by atoms with E-state index >= 15 is 0 Å². The second-order valence-corrected chi connectivity index (χ2v) is 12.4. The first-order valence-corrected chi connectivity index (χ1v) is 14.1. The molecule has 2 aliphatic rings. The minimum absolute atomic E-state index is 0.0141. The molecule has 0 N–H and O–H groups in total. The molecule has 2 aromatic carbocycles. The highest BCUT2D eigenvalue weighted by molar-refractivity contribution is 7.89. The highest BCUT2D eigenvalue weighted by Gasteiger charge is 2.31. The lowest BCUT2D eigenvalue weighted by molar-refractivity contribution is 0.0926. The smallest absolute Gasteiger partial charge is 0.243 e. The molecule has 2 aromatic rings. The lowest BCUT2D eigenvalue weighted by Crippen LogP contribution is -2.37. The molecule has 2 heterocycles. The number of nitrogens with zero attached hydrogens (tertiary/aromatic N) is 2. The topological polar surface area (TPSA) is 84.0 Å². The van der Waals surface area contributed by atoms with Crippen molar-refractivity contribution in [3.8, 4) is 0 Å². The van der Waals surface area contributed by atoms with Gasteiger partial charge in [-0.2, -0.15) is 8.61 Å². The van der Waals surface area contributed by atoms with E-state index in [0.717, 1.165) is 32.1 Å². The first-order valence-electron chi connectivity index (χ1n) is 11.2. The molecule has 7 nitrogen and oxygen atoms in total. The van der Waals surface area contributed by atoms with Crippen molar-refractivity contribution in [3.05, 3.63) is 59.9 Å². The number of sulfonamides is 2. The molecule has 0 bridgehead atoms. The molecule has 0 radical (unpaired) electrons. The van der Waals surface area contributed by atoms with Gasteiger partial charge in [0.25, 0.3) is 0 Å². The van der Waals surface area contributed by atoms with Crippen molar-refractivity contribution in [1.82, 2.24) is 8.61 Å². The number of hydrogen-bond acceptors (Lipinski definition) is 5. The van der Waals surface area contributed by atoms with Crippen LogP contribution in [0.5, 0.6) is 0 Å². The third-order valence-corrected chi connectivity index (χ3v) is 9.86. The monoisotopic (exact) mass is 496 g/mol. The Bertz CT molecular complexity index is 1140. The summed E-state index contributed by atoms with van der Waals surface area (Å²) in [5.41, 5.74) is 0.655. The van der Waals surface area contributed by atoms with E-state index in [0.29, 0.717) is 25.3 Å². The highest BCUT2D eigenvalue weighted by Crippen LogP contribution is 2.25.